The number of fused-ring (bicyclic) bond motifs is 1. The number of non-ortho nitro benzene ring substituents is 1. The van der Waals surface area contributed by atoms with Gasteiger partial charge < -0.3 is 14.4 Å². The van der Waals surface area contributed by atoms with E-state index in [1.165, 1.54) is 28.0 Å². The topological polar surface area (TPSA) is 116 Å². The first-order valence-corrected chi connectivity index (χ1v) is 15.2. The molecule has 0 saturated carbocycles. The average Bonchev–Trinajstić information content (AvgIpc) is 3.69. The Morgan fingerprint density at radius 2 is 1.82 bits per heavy atom. The number of carbonyl (C=O) groups is 1. The number of anilines is 1. The van der Waals surface area contributed by atoms with E-state index in [9.17, 15) is 19.7 Å². The zero-order valence-corrected chi connectivity index (χ0v) is 25.1. The Kier molecular flexibility index (Phi) is 8.12. The third-order valence-corrected chi connectivity index (χ3v) is 8.74. The van der Waals surface area contributed by atoms with E-state index in [0.29, 0.717) is 37.5 Å². The van der Waals surface area contributed by atoms with Gasteiger partial charge in [0.25, 0.3) is 11.2 Å². The first-order valence-electron chi connectivity index (χ1n) is 14.4. The normalized spacial score (nSPS) is 16.5. The Bertz CT molecular complexity index is 1940. The van der Waals surface area contributed by atoms with Crippen molar-refractivity contribution in [3.05, 3.63) is 125 Å². The highest BCUT2D eigenvalue weighted by molar-refractivity contribution is 7.07. The van der Waals surface area contributed by atoms with Crippen LogP contribution in [0.3, 0.4) is 0 Å². The molecular weight excluding hydrogens is 580 g/mol. The SMILES string of the molecule is CCOC(=O)C1=C(c2ccccc2)N=c2s/c(=C\c3cc([N+](=O)[O-])ccc3N3CCCC3)c(=O)n2C1c1ccc(OC)cc1. The number of nitrogens with zero attached hydrogens (tertiary/aromatic N) is 4. The van der Waals surface area contributed by atoms with Gasteiger partial charge in [-0.3, -0.25) is 19.5 Å². The van der Waals surface area contributed by atoms with Gasteiger partial charge in [0.2, 0.25) is 0 Å². The van der Waals surface area contributed by atoms with E-state index >= 15 is 0 Å². The Morgan fingerprint density at radius 3 is 2.48 bits per heavy atom. The van der Waals surface area contributed by atoms with Gasteiger partial charge in [-0.1, -0.05) is 53.8 Å². The van der Waals surface area contributed by atoms with Gasteiger partial charge in [0.1, 0.15) is 5.75 Å². The maximum absolute atomic E-state index is 14.3. The molecule has 2 aliphatic heterocycles. The van der Waals surface area contributed by atoms with Crippen LogP contribution in [0.5, 0.6) is 5.75 Å². The number of carbonyl (C=O) groups excluding carboxylic acids is 1. The number of hydrogen-bond acceptors (Lipinski definition) is 9. The van der Waals surface area contributed by atoms with Crippen molar-refractivity contribution < 1.29 is 19.2 Å². The lowest BCUT2D eigenvalue weighted by Gasteiger charge is -2.26. The smallest absolute Gasteiger partial charge is 0.338 e. The quantitative estimate of drug-likeness (QED) is 0.164. The lowest BCUT2D eigenvalue weighted by Crippen LogP contribution is -2.40. The van der Waals surface area contributed by atoms with Crippen LogP contribution in [0.25, 0.3) is 11.8 Å². The molecule has 4 aromatic rings. The van der Waals surface area contributed by atoms with Crippen LogP contribution in [0.4, 0.5) is 11.4 Å². The fourth-order valence-electron chi connectivity index (χ4n) is 5.70. The van der Waals surface area contributed by atoms with E-state index < -0.39 is 16.9 Å². The van der Waals surface area contributed by atoms with E-state index in [2.05, 4.69) is 4.90 Å². The molecule has 3 heterocycles. The van der Waals surface area contributed by atoms with Crippen LogP contribution >= 0.6 is 11.3 Å². The first-order chi connectivity index (χ1) is 21.4. The van der Waals surface area contributed by atoms with E-state index in [1.807, 2.05) is 42.5 Å². The molecule has 0 amide bonds. The number of benzene rings is 3. The fourth-order valence-corrected chi connectivity index (χ4v) is 6.69. The van der Waals surface area contributed by atoms with Gasteiger partial charge in [0.15, 0.2) is 4.80 Å². The highest BCUT2D eigenvalue weighted by Gasteiger charge is 2.35. The Hall–Kier alpha value is -5.03. The summed E-state index contributed by atoms with van der Waals surface area (Å²) in [4.78, 5) is 46.6. The molecule has 44 heavy (non-hydrogen) atoms. The monoisotopic (exact) mass is 610 g/mol. The molecule has 0 radical (unpaired) electrons. The van der Waals surface area contributed by atoms with Gasteiger partial charge in [-0.05, 0) is 49.6 Å². The van der Waals surface area contributed by atoms with Crippen molar-refractivity contribution >= 4 is 40.5 Å². The van der Waals surface area contributed by atoms with Crippen LogP contribution < -0.4 is 24.5 Å². The molecule has 1 atom stereocenters. The molecule has 1 unspecified atom stereocenters. The highest BCUT2D eigenvalue weighted by Crippen LogP contribution is 2.36. The largest absolute Gasteiger partial charge is 0.497 e. The number of ether oxygens (including phenoxy) is 2. The summed E-state index contributed by atoms with van der Waals surface area (Å²) in [7, 11) is 1.57. The van der Waals surface area contributed by atoms with E-state index in [-0.39, 0.29) is 23.4 Å². The molecule has 1 saturated heterocycles. The molecule has 224 valence electrons. The Balaban J connectivity index is 1.62. The second kappa shape index (κ2) is 12.3. The number of rotatable bonds is 8. The number of thiazole rings is 1. The zero-order chi connectivity index (χ0) is 30.8. The van der Waals surface area contributed by atoms with Crippen LogP contribution in [0.1, 0.15) is 42.5 Å². The molecule has 0 N–H and O–H groups in total. The lowest BCUT2D eigenvalue weighted by molar-refractivity contribution is -0.384. The summed E-state index contributed by atoms with van der Waals surface area (Å²) in [5.41, 5.74) is 3.06. The number of nitro benzene ring substituents is 1. The Morgan fingerprint density at radius 1 is 1.09 bits per heavy atom. The third-order valence-electron chi connectivity index (χ3n) is 7.76. The molecule has 2 aliphatic rings. The number of aromatic nitrogens is 1. The van der Waals surface area contributed by atoms with Crippen molar-refractivity contribution in [3.63, 3.8) is 0 Å². The molecule has 1 fully saturated rings. The van der Waals surface area contributed by atoms with Gasteiger partial charge in [-0.15, -0.1) is 0 Å². The van der Waals surface area contributed by atoms with Gasteiger partial charge in [-0.25, -0.2) is 9.79 Å². The van der Waals surface area contributed by atoms with Crippen molar-refractivity contribution in [1.82, 2.24) is 4.57 Å². The van der Waals surface area contributed by atoms with Crippen LogP contribution in [-0.4, -0.2) is 42.3 Å². The number of nitro groups is 1. The van der Waals surface area contributed by atoms with Crippen LogP contribution in [-0.2, 0) is 9.53 Å². The van der Waals surface area contributed by atoms with Gasteiger partial charge >= 0.3 is 5.97 Å². The minimum Gasteiger partial charge on any atom is -0.497 e. The number of methoxy groups -OCH3 is 1. The molecule has 0 spiro atoms. The summed E-state index contributed by atoms with van der Waals surface area (Å²) in [6, 6.07) is 20.4. The highest BCUT2D eigenvalue weighted by atomic mass is 32.1. The van der Waals surface area contributed by atoms with Gasteiger partial charge in [0.05, 0.1) is 40.5 Å². The van der Waals surface area contributed by atoms with Crippen molar-refractivity contribution in [3.8, 4) is 5.75 Å². The molecule has 11 heteroatoms. The standard InChI is InChI=1S/C33H30N4O6S/c1-3-43-32(39)28-29(21-9-5-4-6-10-21)34-33-36(30(28)22-11-14-25(42-2)15-12-22)31(38)27(44-33)20-23-19-24(37(40)41)13-16-26(23)35-17-7-8-18-35/h4-6,9-16,19-20,30H,3,7-8,17-18H2,1-2H3/b27-20-. The summed E-state index contributed by atoms with van der Waals surface area (Å²) in [5.74, 6) is 0.0615. The molecular formula is C33H30N4O6S. The van der Waals surface area contributed by atoms with Crippen molar-refractivity contribution in [2.75, 3.05) is 31.7 Å². The van der Waals surface area contributed by atoms with Crippen molar-refractivity contribution in [2.24, 2.45) is 4.99 Å². The second-order valence-electron chi connectivity index (χ2n) is 10.4. The number of hydrogen-bond donors (Lipinski definition) is 0. The zero-order valence-electron chi connectivity index (χ0n) is 24.3. The molecule has 10 nitrogen and oxygen atoms in total. The minimum absolute atomic E-state index is 0.0564. The maximum atomic E-state index is 14.3. The van der Waals surface area contributed by atoms with E-state index in [0.717, 1.165) is 31.6 Å². The van der Waals surface area contributed by atoms with Gasteiger partial charge in [0, 0.05) is 42.0 Å². The molecule has 0 bridgehead atoms. The van der Waals surface area contributed by atoms with Crippen LogP contribution in [0.15, 0.2) is 88.2 Å². The molecule has 1 aromatic heterocycles. The Labute approximate surface area is 257 Å². The van der Waals surface area contributed by atoms with E-state index in [4.69, 9.17) is 14.5 Å². The van der Waals surface area contributed by atoms with Gasteiger partial charge in [-0.2, -0.15) is 0 Å². The first kappa shape index (κ1) is 29.1. The summed E-state index contributed by atoms with van der Waals surface area (Å²) >= 11 is 1.18. The summed E-state index contributed by atoms with van der Waals surface area (Å²) < 4.78 is 12.7. The van der Waals surface area contributed by atoms with Crippen LogP contribution in [0.2, 0.25) is 0 Å². The lowest BCUT2D eigenvalue weighted by atomic mass is 9.93. The molecule has 0 aliphatic carbocycles. The summed E-state index contributed by atoms with van der Waals surface area (Å²) in [6.07, 6.45) is 3.75. The second-order valence-corrected chi connectivity index (χ2v) is 11.4. The molecule has 6 rings (SSSR count). The van der Waals surface area contributed by atoms with Crippen molar-refractivity contribution in [1.29, 1.82) is 0 Å². The maximum Gasteiger partial charge on any atom is 0.338 e. The van der Waals surface area contributed by atoms with Crippen LogP contribution in [0, 0.1) is 10.1 Å². The van der Waals surface area contributed by atoms with Crippen molar-refractivity contribution in [2.45, 2.75) is 25.8 Å². The number of esters is 1. The van der Waals surface area contributed by atoms with E-state index in [1.54, 1.807) is 38.3 Å². The third kappa shape index (κ3) is 5.42. The minimum atomic E-state index is -0.836. The summed E-state index contributed by atoms with van der Waals surface area (Å²) in [6.45, 7) is 3.55. The average molecular weight is 611 g/mol. The predicted octanol–water partition coefficient (Wildman–Crippen LogP) is 4.45. The molecule has 3 aromatic carbocycles. The fraction of sp³-hybridized carbons (Fsp3) is 0.242. The summed E-state index contributed by atoms with van der Waals surface area (Å²) in [5, 5.41) is 11.7. The predicted molar refractivity (Wildman–Crippen MR) is 169 cm³/mol.